The molecule has 66 heavy (non-hydrogen) atoms. The van der Waals surface area contributed by atoms with E-state index in [1.54, 1.807) is 0 Å². The number of para-hydroxylation sites is 4. The maximum absolute atomic E-state index is 6.68. The van der Waals surface area contributed by atoms with Gasteiger partial charge in [-0.3, -0.25) is 0 Å². The molecule has 0 bridgehead atoms. The third-order valence-electron chi connectivity index (χ3n) is 15.1. The molecule has 1 spiro atoms. The van der Waals surface area contributed by atoms with Crippen LogP contribution in [0, 0.1) is 0 Å². The van der Waals surface area contributed by atoms with E-state index >= 15 is 0 Å². The second-order valence-electron chi connectivity index (χ2n) is 18.7. The molecule has 3 aliphatic rings. The van der Waals surface area contributed by atoms with Crippen molar-refractivity contribution in [2.75, 3.05) is 4.90 Å². The summed E-state index contributed by atoms with van der Waals surface area (Å²) in [6, 6.07) is 83.3. The van der Waals surface area contributed by atoms with Crippen LogP contribution in [0.1, 0.15) is 47.2 Å². The van der Waals surface area contributed by atoms with Gasteiger partial charge in [0.15, 0.2) is 0 Å². The molecule has 0 saturated heterocycles. The molecule has 1 heterocycles. The Morgan fingerprint density at radius 3 is 1.70 bits per heavy atom. The Kier molecular flexibility index (Phi) is 7.70. The van der Waals surface area contributed by atoms with Crippen molar-refractivity contribution >= 4 is 39.0 Å². The third kappa shape index (κ3) is 4.91. The monoisotopic (exact) mass is 841 g/mol. The van der Waals surface area contributed by atoms with E-state index < -0.39 is 5.41 Å². The van der Waals surface area contributed by atoms with Crippen molar-refractivity contribution in [2.45, 2.75) is 24.7 Å². The van der Waals surface area contributed by atoms with E-state index in [0.29, 0.717) is 0 Å². The van der Waals surface area contributed by atoms with E-state index in [1.165, 1.54) is 77.9 Å². The van der Waals surface area contributed by atoms with Crippen LogP contribution in [0.3, 0.4) is 0 Å². The summed E-state index contributed by atoms with van der Waals surface area (Å²) < 4.78 is 6.68. The van der Waals surface area contributed by atoms with Gasteiger partial charge in [-0.15, -0.1) is 0 Å². The molecule has 0 atom stereocenters. The van der Waals surface area contributed by atoms with Crippen molar-refractivity contribution in [3.8, 4) is 55.6 Å². The average molecular weight is 842 g/mol. The predicted molar refractivity (Wildman–Crippen MR) is 273 cm³/mol. The molecular weight excluding hydrogens is 799 g/mol. The fourth-order valence-electron chi connectivity index (χ4n) is 12.3. The van der Waals surface area contributed by atoms with Crippen LogP contribution >= 0.6 is 0 Å². The molecule has 0 aliphatic heterocycles. The molecule has 0 radical (unpaired) electrons. The number of benzene rings is 10. The van der Waals surface area contributed by atoms with Crippen LogP contribution in [-0.2, 0) is 10.8 Å². The van der Waals surface area contributed by atoms with Gasteiger partial charge in [-0.25, -0.2) is 0 Å². The maximum atomic E-state index is 6.68. The van der Waals surface area contributed by atoms with Gasteiger partial charge in [-0.05, 0) is 120 Å². The summed E-state index contributed by atoms with van der Waals surface area (Å²) in [5.74, 6) is 0. The number of furan rings is 1. The summed E-state index contributed by atoms with van der Waals surface area (Å²) in [5, 5.41) is 2.27. The Hall–Kier alpha value is -8.20. The molecule has 2 nitrogen and oxygen atoms in total. The highest BCUT2D eigenvalue weighted by molar-refractivity contribution is 6.10. The smallest absolute Gasteiger partial charge is 0.143 e. The SMILES string of the molecule is CC1(C)c2ccccc2-c2ccc(N(c3ccccc3)c3ccccc3-c3cccc4c3-c3ccc(-c5cccc6c5oc5ccccc56)cc3C43c4ccccc4-c4ccccc43)cc21. The topological polar surface area (TPSA) is 16.4 Å². The van der Waals surface area contributed by atoms with E-state index in [-0.39, 0.29) is 5.41 Å². The fourth-order valence-corrected chi connectivity index (χ4v) is 12.3. The quantitative estimate of drug-likeness (QED) is 0.172. The second-order valence-corrected chi connectivity index (χ2v) is 18.7. The van der Waals surface area contributed by atoms with E-state index in [1.807, 2.05) is 0 Å². The molecule has 14 rings (SSSR count). The van der Waals surface area contributed by atoms with Gasteiger partial charge in [0.05, 0.1) is 11.1 Å². The minimum absolute atomic E-state index is 0.134. The van der Waals surface area contributed by atoms with Crippen molar-refractivity contribution in [1.82, 2.24) is 0 Å². The molecule has 3 aliphatic carbocycles. The van der Waals surface area contributed by atoms with E-state index in [9.17, 15) is 0 Å². The van der Waals surface area contributed by atoms with Gasteiger partial charge in [0, 0.05) is 38.7 Å². The number of rotatable bonds is 5. The first-order valence-corrected chi connectivity index (χ1v) is 23.1. The van der Waals surface area contributed by atoms with Crippen LogP contribution in [0.4, 0.5) is 17.1 Å². The third-order valence-corrected chi connectivity index (χ3v) is 15.1. The molecule has 1 aromatic heterocycles. The van der Waals surface area contributed by atoms with Crippen LogP contribution in [0.2, 0.25) is 0 Å². The molecule has 0 saturated carbocycles. The molecule has 0 unspecified atom stereocenters. The Morgan fingerprint density at radius 1 is 0.348 bits per heavy atom. The molecule has 10 aromatic carbocycles. The molecule has 0 N–H and O–H groups in total. The molecule has 310 valence electrons. The van der Waals surface area contributed by atoms with Crippen molar-refractivity contribution in [1.29, 1.82) is 0 Å². The molecule has 0 amide bonds. The van der Waals surface area contributed by atoms with Crippen molar-refractivity contribution in [2.24, 2.45) is 0 Å². The van der Waals surface area contributed by atoms with Gasteiger partial charge in [-0.1, -0.05) is 196 Å². The normalized spacial score (nSPS) is 14.2. The highest BCUT2D eigenvalue weighted by Gasteiger charge is 2.52. The lowest BCUT2D eigenvalue weighted by molar-refractivity contribution is 0.660. The van der Waals surface area contributed by atoms with Gasteiger partial charge in [-0.2, -0.15) is 0 Å². The second kappa shape index (κ2) is 13.7. The lowest BCUT2D eigenvalue weighted by Crippen LogP contribution is -2.25. The first kappa shape index (κ1) is 37.2. The standard InChI is InChI=1S/C64H43NO/c1-63(2)53-28-11-6-20-44(53)47-37-35-42(39-57(47)63)65(41-18-4-3-5-19-41)59-32-14-9-23-48(59)50-26-17-31-56-61(50)52-36-34-40(43-25-16-27-51-49-24-10-15-33-60(49)66-62(43)51)38-58(52)64(56)54-29-12-7-21-45(54)46-22-8-13-30-55(46)64/h3-39H,1-2H3. The maximum Gasteiger partial charge on any atom is 0.143 e. The number of fused-ring (bicyclic) bond motifs is 16. The summed E-state index contributed by atoms with van der Waals surface area (Å²) in [6.45, 7) is 4.73. The summed E-state index contributed by atoms with van der Waals surface area (Å²) in [6.07, 6.45) is 0. The van der Waals surface area contributed by atoms with Crippen LogP contribution in [0.5, 0.6) is 0 Å². The highest BCUT2D eigenvalue weighted by atomic mass is 16.3. The minimum atomic E-state index is -0.541. The van der Waals surface area contributed by atoms with Crippen LogP contribution in [0.15, 0.2) is 229 Å². The molecule has 0 fully saturated rings. The number of anilines is 3. The zero-order valence-corrected chi connectivity index (χ0v) is 36.7. The number of hydrogen-bond donors (Lipinski definition) is 0. The van der Waals surface area contributed by atoms with Crippen molar-refractivity contribution < 1.29 is 4.42 Å². The summed E-state index contributed by atoms with van der Waals surface area (Å²) in [5.41, 5.74) is 24.9. The van der Waals surface area contributed by atoms with Crippen LogP contribution in [-0.4, -0.2) is 0 Å². The Morgan fingerprint density at radius 2 is 0.909 bits per heavy atom. The lowest BCUT2D eigenvalue weighted by Gasteiger charge is -2.31. The molecule has 2 heteroatoms. The van der Waals surface area contributed by atoms with Crippen molar-refractivity contribution in [3.63, 3.8) is 0 Å². The van der Waals surface area contributed by atoms with Crippen molar-refractivity contribution in [3.05, 3.63) is 258 Å². The lowest BCUT2D eigenvalue weighted by atomic mass is 9.70. The Balaban J connectivity index is 1.02. The van der Waals surface area contributed by atoms with Crippen LogP contribution < -0.4 is 4.90 Å². The first-order chi connectivity index (χ1) is 32.5. The van der Waals surface area contributed by atoms with Gasteiger partial charge < -0.3 is 9.32 Å². The van der Waals surface area contributed by atoms with E-state index in [2.05, 4.69) is 243 Å². The molecule has 11 aromatic rings. The van der Waals surface area contributed by atoms with Gasteiger partial charge in [0.1, 0.15) is 11.2 Å². The van der Waals surface area contributed by atoms with Gasteiger partial charge >= 0.3 is 0 Å². The predicted octanol–water partition coefficient (Wildman–Crippen LogP) is 17.0. The Bertz CT molecular complexity index is 3770. The number of hydrogen-bond acceptors (Lipinski definition) is 2. The summed E-state index contributed by atoms with van der Waals surface area (Å²) >= 11 is 0. The fraction of sp³-hybridized carbons (Fsp3) is 0.0625. The summed E-state index contributed by atoms with van der Waals surface area (Å²) in [4.78, 5) is 2.47. The minimum Gasteiger partial charge on any atom is -0.455 e. The number of nitrogens with zero attached hydrogens (tertiary/aromatic N) is 1. The van der Waals surface area contributed by atoms with E-state index in [0.717, 1.165) is 50.1 Å². The molecular formula is C64H43NO. The van der Waals surface area contributed by atoms with Crippen LogP contribution in [0.25, 0.3) is 77.6 Å². The first-order valence-electron chi connectivity index (χ1n) is 23.1. The largest absolute Gasteiger partial charge is 0.455 e. The average Bonchev–Trinajstić information content (AvgIpc) is 4.07. The summed E-state index contributed by atoms with van der Waals surface area (Å²) in [7, 11) is 0. The zero-order valence-electron chi connectivity index (χ0n) is 36.7. The van der Waals surface area contributed by atoms with E-state index in [4.69, 9.17) is 4.42 Å². The van der Waals surface area contributed by atoms with Gasteiger partial charge in [0.2, 0.25) is 0 Å². The highest BCUT2D eigenvalue weighted by Crippen LogP contribution is 2.65. The Labute approximate surface area is 384 Å². The zero-order chi connectivity index (χ0) is 43.7. The van der Waals surface area contributed by atoms with Gasteiger partial charge in [0.25, 0.3) is 0 Å².